The van der Waals surface area contributed by atoms with Crippen LogP contribution >= 0.6 is 27.5 Å². The first-order valence-corrected chi connectivity index (χ1v) is 12.0. The van der Waals surface area contributed by atoms with Crippen molar-refractivity contribution in [3.8, 4) is 23.0 Å². The molecular weight excluding hydrogens is 627 g/mol. The van der Waals surface area contributed by atoms with Crippen LogP contribution in [0, 0.1) is 11.3 Å². The molecule has 1 N–H and O–H groups in total. The molecule has 2 heterocycles. The molecule has 0 aliphatic heterocycles. The van der Waals surface area contributed by atoms with E-state index < -0.39 is 41.9 Å². The Bertz CT molecular complexity index is 1460. The monoisotopic (exact) mass is 641 g/mol. The molecule has 0 radical (unpaired) electrons. The summed E-state index contributed by atoms with van der Waals surface area (Å²) in [6.45, 7) is -0.880. The highest BCUT2D eigenvalue weighted by molar-refractivity contribution is 9.10. The minimum atomic E-state index is -6.34. The molecule has 1 aromatic carbocycles. The first-order valence-electron chi connectivity index (χ1n) is 10.9. The number of aromatic nitrogens is 3. The predicted octanol–water partition coefficient (Wildman–Crippen LogP) is 6.44. The van der Waals surface area contributed by atoms with Crippen LogP contribution in [0.5, 0.6) is 0 Å². The fourth-order valence-electron chi connectivity index (χ4n) is 3.88. The third kappa shape index (κ3) is 5.01. The summed E-state index contributed by atoms with van der Waals surface area (Å²) in [6.07, 6.45) is -9.23. The number of methoxy groups -OCH3 is 1. The lowest BCUT2D eigenvalue weighted by Crippen LogP contribution is -2.51. The first kappa shape index (κ1) is 28.9. The van der Waals surface area contributed by atoms with Gasteiger partial charge in [0, 0.05) is 18.9 Å². The number of carbonyl (C=O) groups is 1. The van der Waals surface area contributed by atoms with Crippen LogP contribution in [0.25, 0.3) is 16.9 Å². The fourth-order valence-corrected chi connectivity index (χ4v) is 4.69. The Balaban J connectivity index is 1.77. The van der Waals surface area contributed by atoms with E-state index in [4.69, 9.17) is 16.3 Å². The van der Waals surface area contributed by atoms with Crippen molar-refractivity contribution in [2.75, 3.05) is 7.11 Å². The zero-order chi connectivity index (χ0) is 29.0. The van der Waals surface area contributed by atoms with Gasteiger partial charge in [-0.3, -0.25) is 4.79 Å². The summed E-state index contributed by atoms with van der Waals surface area (Å²) in [4.78, 5) is 12.7. The van der Waals surface area contributed by atoms with E-state index in [-0.39, 0.29) is 20.9 Å². The maximum absolute atomic E-state index is 15.0. The van der Waals surface area contributed by atoms with Gasteiger partial charge < -0.3 is 14.6 Å². The van der Waals surface area contributed by atoms with Gasteiger partial charge in [0.15, 0.2) is 5.82 Å². The summed E-state index contributed by atoms with van der Waals surface area (Å²) in [7, 11) is 1.01. The maximum atomic E-state index is 15.0. The number of nitrogens with one attached hydrogen (secondary N) is 1. The molecule has 1 fully saturated rings. The van der Waals surface area contributed by atoms with Crippen LogP contribution in [0.15, 0.2) is 41.1 Å². The van der Waals surface area contributed by atoms with Crippen LogP contribution in [0.2, 0.25) is 5.02 Å². The topological polar surface area (TPSA) is 84.9 Å². The van der Waals surface area contributed by atoms with Gasteiger partial charge in [0.05, 0.1) is 33.0 Å². The minimum absolute atomic E-state index is 0.0345. The smallest absolute Gasteiger partial charge is 0.364 e. The third-order valence-corrected chi connectivity index (χ3v) is 6.99. The number of nitrogens with zero attached hydrogens (tertiary/aromatic N) is 4. The van der Waals surface area contributed by atoms with E-state index in [1.54, 1.807) is 0 Å². The van der Waals surface area contributed by atoms with E-state index in [1.807, 2.05) is 6.07 Å². The van der Waals surface area contributed by atoms with Crippen LogP contribution in [-0.2, 0) is 17.1 Å². The van der Waals surface area contributed by atoms with Gasteiger partial charge in [-0.05, 0) is 52.5 Å². The SMILES string of the molecule is COCn1c(C(F)(C(F)(F)F)C(F)(F)F)cc(Br)c1-n1cc(-c2ccc(Cl)c(C(=O)NC3(C#N)CC3)c2)cn1. The molecule has 0 spiro atoms. The largest absolute Gasteiger partial charge is 0.437 e. The number of ether oxygens (including phenoxy) is 1. The van der Waals surface area contributed by atoms with Crippen molar-refractivity contribution >= 4 is 33.4 Å². The van der Waals surface area contributed by atoms with Crippen molar-refractivity contribution in [2.24, 2.45) is 0 Å². The van der Waals surface area contributed by atoms with Crippen LogP contribution in [0.3, 0.4) is 0 Å². The average Bonchev–Trinajstić information content (AvgIpc) is 3.31. The normalized spacial score (nSPS) is 15.2. The number of halogens is 9. The Morgan fingerprint density at radius 2 is 1.82 bits per heavy atom. The van der Waals surface area contributed by atoms with Gasteiger partial charge in [-0.25, -0.2) is 9.07 Å². The number of nitriles is 1. The average molecular weight is 643 g/mol. The Hall–Kier alpha value is -3.09. The lowest BCUT2D eigenvalue weighted by Gasteiger charge is -2.31. The zero-order valence-corrected chi connectivity index (χ0v) is 21.9. The molecule has 0 unspecified atom stereocenters. The van der Waals surface area contributed by atoms with Gasteiger partial charge in [0.2, 0.25) is 0 Å². The molecule has 1 saturated carbocycles. The lowest BCUT2D eigenvalue weighted by molar-refractivity contribution is -0.351. The molecule has 0 atom stereocenters. The Morgan fingerprint density at radius 1 is 1.18 bits per heavy atom. The summed E-state index contributed by atoms with van der Waals surface area (Å²) in [5.41, 5.74) is -7.75. The molecule has 0 bridgehead atoms. The second kappa shape index (κ2) is 9.83. The number of carbonyl (C=O) groups excluding carboxylic acids is 1. The van der Waals surface area contributed by atoms with Gasteiger partial charge >= 0.3 is 18.0 Å². The Kier molecular flexibility index (Phi) is 7.28. The summed E-state index contributed by atoms with van der Waals surface area (Å²) in [5, 5.41) is 15.9. The highest BCUT2D eigenvalue weighted by Crippen LogP contribution is 2.54. The highest BCUT2D eigenvalue weighted by Gasteiger charge is 2.75. The van der Waals surface area contributed by atoms with Crippen molar-refractivity contribution in [1.82, 2.24) is 19.7 Å². The standard InChI is InChI=1S/C23H16BrClF7N5O2/c1-39-11-36-17(21(26,22(27,28)29)23(30,31)32)7-15(24)19(36)37-9-13(8-34-37)12-2-3-16(25)14(6-12)18(38)35-20(10-33)4-5-20/h2-3,6-9H,4-5,11H2,1H3,(H,35,38). The molecule has 39 heavy (non-hydrogen) atoms. The van der Waals surface area contributed by atoms with E-state index >= 15 is 0 Å². The van der Waals surface area contributed by atoms with Gasteiger partial charge in [0.1, 0.15) is 12.3 Å². The molecular formula is C23H16BrClF7N5O2. The molecule has 3 aromatic rings. The van der Waals surface area contributed by atoms with E-state index in [1.165, 1.54) is 30.6 Å². The second-order valence-electron chi connectivity index (χ2n) is 8.72. The third-order valence-electron chi connectivity index (χ3n) is 6.08. The van der Waals surface area contributed by atoms with Gasteiger partial charge in [-0.15, -0.1) is 0 Å². The van der Waals surface area contributed by atoms with Gasteiger partial charge in [0.25, 0.3) is 5.91 Å². The van der Waals surface area contributed by atoms with Crippen molar-refractivity contribution in [1.29, 1.82) is 5.26 Å². The molecule has 7 nitrogen and oxygen atoms in total. The van der Waals surface area contributed by atoms with Crippen LogP contribution < -0.4 is 5.32 Å². The van der Waals surface area contributed by atoms with Crippen molar-refractivity contribution < 1.29 is 40.3 Å². The van der Waals surface area contributed by atoms with E-state index in [9.17, 15) is 40.8 Å². The zero-order valence-electron chi connectivity index (χ0n) is 19.6. The molecule has 0 saturated heterocycles. The molecule has 16 heteroatoms. The van der Waals surface area contributed by atoms with Crippen molar-refractivity contribution in [3.63, 3.8) is 0 Å². The fraction of sp³-hybridized carbons (Fsp3) is 0.348. The van der Waals surface area contributed by atoms with Gasteiger partial charge in [-0.2, -0.15) is 36.7 Å². The van der Waals surface area contributed by atoms with Crippen molar-refractivity contribution in [2.45, 2.75) is 43.1 Å². The molecule has 208 valence electrons. The minimum Gasteiger partial charge on any atom is -0.364 e. The summed E-state index contributed by atoms with van der Waals surface area (Å²) >= 11 is 9.07. The number of alkyl halides is 7. The van der Waals surface area contributed by atoms with E-state index in [2.05, 4.69) is 26.3 Å². The Morgan fingerprint density at radius 3 is 2.36 bits per heavy atom. The molecule has 2 aromatic heterocycles. The molecule has 1 aliphatic rings. The quantitative estimate of drug-likeness (QED) is 0.301. The number of hydrogen-bond acceptors (Lipinski definition) is 4. The maximum Gasteiger partial charge on any atom is 0.437 e. The summed E-state index contributed by atoms with van der Waals surface area (Å²) in [6, 6.07) is 6.68. The Labute approximate surface area is 229 Å². The lowest BCUT2D eigenvalue weighted by atomic mass is 10.0. The van der Waals surface area contributed by atoms with Crippen molar-refractivity contribution in [3.05, 3.63) is 57.4 Å². The number of amides is 1. The van der Waals surface area contributed by atoms with E-state index in [0.29, 0.717) is 34.6 Å². The number of rotatable bonds is 7. The van der Waals surface area contributed by atoms with Crippen LogP contribution in [0.4, 0.5) is 30.7 Å². The summed E-state index contributed by atoms with van der Waals surface area (Å²) < 4.78 is 102. The highest BCUT2D eigenvalue weighted by atomic mass is 79.9. The predicted molar refractivity (Wildman–Crippen MR) is 127 cm³/mol. The van der Waals surface area contributed by atoms with E-state index in [0.717, 1.165) is 11.8 Å². The molecule has 4 rings (SSSR count). The molecule has 1 amide bonds. The number of hydrogen-bond donors (Lipinski definition) is 1. The van der Waals surface area contributed by atoms with Crippen LogP contribution in [0.1, 0.15) is 28.9 Å². The number of benzene rings is 1. The van der Waals surface area contributed by atoms with Crippen LogP contribution in [-0.4, -0.2) is 45.3 Å². The van der Waals surface area contributed by atoms with Gasteiger partial charge in [-0.1, -0.05) is 17.7 Å². The first-order chi connectivity index (χ1) is 18.1. The second-order valence-corrected chi connectivity index (χ2v) is 9.98. The molecule has 1 aliphatic carbocycles. The summed E-state index contributed by atoms with van der Waals surface area (Å²) in [5.74, 6) is -0.988.